The second-order valence-corrected chi connectivity index (χ2v) is 7.21. The van der Waals surface area contributed by atoms with Crippen LogP contribution in [-0.2, 0) is 13.2 Å². The van der Waals surface area contributed by atoms with Gasteiger partial charge in [0.1, 0.15) is 11.6 Å². The molecule has 4 heterocycles. The number of hydrogen-bond acceptors (Lipinski definition) is 6. The number of nitrogens with zero attached hydrogens (tertiary/aromatic N) is 4. The molecule has 0 amide bonds. The van der Waals surface area contributed by atoms with Crippen LogP contribution in [0.4, 0.5) is 0 Å². The number of aromatic nitrogens is 4. The zero-order valence-electron chi connectivity index (χ0n) is 15.8. The van der Waals surface area contributed by atoms with Crippen molar-refractivity contribution in [1.29, 1.82) is 0 Å². The second kappa shape index (κ2) is 7.62. The predicted octanol–water partition coefficient (Wildman–Crippen LogP) is 2.95. The van der Waals surface area contributed by atoms with Gasteiger partial charge in [-0.3, -0.25) is 9.88 Å². The molecule has 7 nitrogen and oxygen atoms in total. The summed E-state index contributed by atoms with van der Waals surface area (Å²) >= 11 is 0. The maximum absolute atomic E-state index is 9.78. The number of aryl methyl sites for hydroxylation is 2. The number of aliphatic hydroxyl groups excluding tert-OH is 1. The maximum atomic E-state index is 9.78. The normalized spacial score (nSPS) is 18.1. The molecule has 1 unspecified atom stereocenters. The van der Waals surface area contributed by atoms with E-state index >= 15 is 0 Å². The number of piperidine rings is 1. The van der Waals surface area contributed by atoms with Crippen LogP contribution < -0.4 is 0 Å². The monoisotopic (exact) mass is 367 g/mol. The highest BCUT2D eigenvalue weighted by molar-refractivity contribution is 5.67. The summed E-state index contributed by atoms with van der Waals surface area (Å²) in [7, 11) is 0. The molecule has 0 aliphatic carbocycles. The van der Waals surface area contributed by atoms with E-state index < -0.39 is 0 Å². The smallest absolute Gasteiger partial charge is 0.143 e. The minimum absolute atomic E-state index is 0.0536. The maximum Gasteiger partial charge on any atom is 0.143 e. The van der Waals surface area contributed by atoms with Crippen molar-refractivity contribution in [2.75, 3.05) is 13.1 Å². The van der Waals surface area contributed by atoms with E-state index in [1.165, 1.54) is 0 Å². The molecule has 1 atom stereocenters. The van der Waals surface area contributed by atoms with Gasteiger partial charge in [0.25, 0.3) is 0 Å². The Morgan fingerprint density at radius 1 is 1.33 bits per heavy atom. The zero-order valence-corrected chi connectivity index (χ0v) is 15.8. The van der Waals surface area contributed by atoms with Gasteiger partial charge in [0.05, 0.1) is 30.1 Å². The van der Waals surface area contributed by atoms with Crippen LogP contribution in [0.2, 0.25) is 0 Å². The number of pyridine rings is 1. The van der Waals surface area contributed by atoms with Gasteiger partial charge in [-0.15, -0.1) is 0 Å². The van der Waals surface area contributed by atoms with Crippen LogP contribution in [0.5, 0.6) is 0 Å². The van der Waals surface area contributed by atoms with Crippen LogP contribution in [0.15, 0.2) is 29.0 Å². The molecule has 0 saturated carbocycles. The van der Waals surface area contributed by atoms with Crippen molar-refractivity contribution in [2.24, 2.45) is 0 Å². The third kappa shape index (κ3) is 3.65. The van der Waals surface area contributed by atoms with E-state index in [0.29, 0.717) is 5.92 Å². The number of likely N-dealkylation sites (tertiary alicyclic amines) is 1. The van der Waals surface area contributed by atoms with Gasteiger partial charge in [0.15, 0.2) is 0 Å². The minimum atomic E-state index is -0.0536. The third-order valence-corrected chi connectivity index (χ3v) is 5.29. The van der Waals surface area contributed by atoms with Gasteiger partial charge in [-0.1, -0.05) is 11.2 Å². The van der Waals surface area contributed by atoms with Crippen molar-refractivity contribution in [3.63, 3.8) is 0 Å². The van der Waals surface area contributed by atoms with Crippen molar-refractivity contribution in [3.8, 4) is 11.3 Å². The number of nitrogens with one attached hydrogen (secondary N) is 1. The summed E-state index contributed by atoms with van der Waals surface area (Å²) in [5.41, 5.74) is 4.34. The Kier molecular flexibility index (Phi) is 5.05. The van der Waals surface area contributed by atoms with Crippen LogP contribution in [0, 0.1) is 13.8 Å². The lowest BCUT2D eigenvalue weighted by Crippen LogP contribution is -2.34. The van der Waals surface area contributed by atoms with Crippen LogP contribution in [0.25, 0.3) is 11.3 Å². The fourth-order valence-corrected chi connectivity index (χ4v) is 3.93. The van der Waals surface area contributed by atoms with Gasteiger partial charge in [-0.05, 0) is 39.3 Å². The number of H-pyrrole nitrogens is 1. The number of aliphatic hydroxyl groups is 1. The van der Waals surface area contributed by atoms with Gasteiger partial charge in [0, 0.05) is 36.1 Å². The van der Waals surface area contributed by atoms with Crippen LogP contribution in [0.1, 0.15) is 47.3 Å². The van der Waals surface area contributed by atoms with Crippen molar-refractivity contribution in [3.05, 3.63) is 53.1 Å². The minimum Gasteiger partial charge on any atom is -0.392 e. The van der Waals surface area contributed by atoms with Crippen LogP contribution in [0.3, 0.4) is 0 Å². The van der Waals surface area contributed by atoms with Crippen molar-refractivity contribution in [1.82, 2.24) is 25.0 Å². The van der Waals surface area contributed by atoms with Crippen molar-refractivity contribution >= 4 is 0 Å². The fraction of sp³-hybridized carbons (Fsp3) is 0.450. The highest BCUT2D eigenvalue weighted by atomic mass is 16.5. The van der Waals surface area contributed by atoms with E-state index in [1.807, 2.05) is 32.2 Å². The van der Waals surface area contributed by atoms with E-state index in [4.69, 9.17) is 9.51 Å². The molecule has 1 fully saturated rings. The molecule has 1 aliphatic rings. The van der Waals surface area contributed by atoms with Crippen LogP contribution >= 0.6 is 0 Å². The Hall–Kier alpha value is -2.51. The van der Waals surface area contributed by atoms with E-state index in [9.17, 15) is 5.11 Å². The fourth-order valence-electron chi connectivity index (χ4n) is 3.93. The Balaban J connectivity index is 1.61. The van der Waals surface area contributed by atoms with E-state index in [2.05, 4.69) is 20.0 Å². The number of hydrogen-bond donors (Lipinski definition) is 2. The molecular formula is C20H25N5O2. The Bertz CT molecular complexity index is 884. The Morgan fingerprint density at radius 2 is 2.22 bits per heavy atom. The molecule has 27 heavy (non-hydrogen) atoms. The first kappa shape index (κ1) is 17.9. The molecule has 0 aromatic carbocycles. The molecule has 7 heteroatoms. The lowest BCUT2D eigenvalue weighted by Gasteiger charge is -2.32. The first-order valence-corrected chi connectivity index (χ1v) is 9.40. The topological polar surface area (TPSA) is 91.1 Å². The summed E-state index contributed by atoms with van der Waals surface area (Å²) < 4.78 is 5.32. The standard InChI is InChI=1S/C20H25N5O2/c1-13-19(14(2)27-24-13)20-16(12-26)5-6-17(23-20)15-4-3-9-25(10-15)11-18-21-7-8-22-18/h5-8,15,26H,3-4,9-12H2,1-2H3,(H,21,22). The van der Waals surface area contributed by atoms with Gasteiger partial charge in [-0.25, -0.2) is 4.98 Å². The quantitative estimate of drug-likeness (QED) is 0.720. The molecule has 4 rings (SSSR count). The summed E-state index contributed by atoms with van der Waals surface area (Å²) in [5.74, 6) is 2.09. The average Bonchev–Trinajstić information content (AvgIpc) is 3.31. The van der Waals surface area contributed by atoms with Crippen molar-refractivity contribution < 1.29 is 9.63 Å². The zero-order chi connectivity index (χ0) is 18.8. The molecule has 2 N–H and O–H groups in total. The lowest BCUT2D eigenvalue weighted by molar-refractivity contribution is 0.194. The third-order valence-electron chi connectivity index (χ3n) is 5.29. The van der Waals surface area contributed by atoms with Gasteiger partial charge < -0.3 is 14.6 Å². The highest BCUT2D eigenvalue weighted by Gasteiger charge is 2.25. The SMILES string of the molecule is Cc1noc(C)c1-c1nc(C2CCCN(Cc3ncc[nH]3)C2)ccc1CO. The molecule has 3 aromatic heterocycles. The molecule has 1 saturated heterocycles. The molecule has 3 aromatic rings. The summed E-state index contributed by atoms with van der Waals surface area (Å²) in [5, 5.41) is 13.8. The van der Waals surface area contributed by atoms with Gasteiger partial charge in [0.2, 0.25) is 0 Å². The molecule has 1 aliphatic heterocycles. The van der Waals surface area contributed by atoms with E-state index in [1.54, 1.807) is 6.20 Å². The largest absolute Gasteiger partial charge is 0.392 e. The molecule has 0 bridgehead atoms. The number of imidazole rings is 1. The van der Waals surface area contributed by atoms with E-state index in [0.717, 1.165) is 72.3 Å². The summed E-state index contributed by atoms with van der Waals surface area (Å²) in [6.45, 7) is 6.59. The molecule has 0 radical (unpaired) electrons. The summed E-state index contributed by atoms with van der Waals surface area (Å²) in [6, 6.07) is 4.03. The summed E-state index contributed by atoms with van der Waals surface area (Å²) in [6.07, 6.45) is 5.90. The van der Waals surface area contributed by atoms with E-state index in [-0.39, 0.29) is 6.61 Å². The first-order chi connectivity index (χ1) is 13.2. The molecule has 0 spiro atoms. The Morgan fingerprint density at radius 3 is 2.93 bits per heavy atom. The predicted molar refractivity (Wildman–Crippen MR) is 101 cm³/mol. The summed E-state index contributed by atoms with van der Waals surface area (Å²) in [4.78, 5) is 14.9. The second-order valence-electron chi connectivity index (χ2n) is 7.21. The molecular weight excluding hydrogens is 342 g/mol. The average molecular weight is 367 g/mol. The first-order valence-electron chi connectivity index (χ1n) is 9.40. The number of aromatic amines is 1. The Labute approximate surface area is 158 Å². The van der Waals surface area contributed by atoms with Gasteiger partial charge in [-0.2, -0.15) is 0 Å². The highest BCUT2D eigenvalue weighted by Crippen LogP contribution is 2.32. The van der Waals surface area contributed by atoms with Gasteiger partial charge >= 0.3 is 0 Å². The molecule has 142 valence electrons. The number of rotatable bonds is 5. The van der Waals surface area contributed by atoms with Crippen molar-refractivity contribution in [2.45, 2.75) is 45.8 Å². The van der Waals surface area contributed by atoms with Crippen LogP contribution in [-0.4, -0.2) is 43.2 Å². The lowest BCUT2D eigenvalue weighted by atomic mass is 9.93.